The minimum absolute atomic E-state index is 0.116. The smallest absolute Gasteiger partial charge is 0.194 e. The van der Waals surface area contributed by atoms with Gasteiger partial charge >= 0.3 is 0 Å². The molecule has 3 N–H and O–H groups in total. The van der Waals surface area contributed by atoms with Crippen molar-refractivity contribution in [2.24, 2.45) is 10.7 Å². The molecule has 2 aliphatic heterocycles. The first-order valence-electron chi connectivity index (χ1n) is 8.73. The summed E-state index contributed by atoms with van der Waals surface area (Å²) < 4.78 is 0. The minimum Gasteiger partial charge on any atom is -0.370 e. The average molecular weight is 399 g/mol. The van der Waals surface area contributed by atoms with E-state index >= 15 is 0 Å². The monoisotopic (exact) mass is 398 g/mol. The molecule has 4 rings (SSSR count). The van der Waals surface area contributed by atoms with Crippen molar-refractivity contribution in [1.82, 2.24) is 10.2 Å². The Kier molecular flexibility index (Phi) is 4.96. The van der Waals surface area contributed by atoms with E-state index in [9.17, 15) is 0 Å². The van der Waals surface area contributed by atoms with Crippen LogP contribution < -0.4 is 11.1 Å². The molecular formula is C21H20Cl2N4. The third-order valence-corrected chi connectivity index (χ3v) is 5.27. The molecular weight excluding hydrogens is 379 g/mol. The Morgan fingerprint density at radius 3 is 2.33 bits per heavy atom. The van der Waals surface area contributed by atoms with Crippen LogP contribution in [0, 0.1) is 0 Å². The Morgan fingerprint density at radius 1 is 1.04 bits per heavy atom. The number of nitrogens with two attached hydrogens (primary N) is 1. The van der Waals surface area contributed by atoms with Crippen LogP contribution in [0.4, 0.5) is 0 Å². The molecule has 0 aromatic heterocycles. The molecule has 2 aromatic carbocycles. The fourth-order valence-corrected chi connectivity index (χ4v) is 3.81. The second-order valence-electron chi connectivity index (χ2n) is 6.89. The number of hydrogen-bond donors (Lipinski definition) is 2. The van der Waals surface area contributed by atoms with E-state index in [4.69, 9.17) is 28.9 Å². The summed E-state index contributed by atoms with van der Waals surface area (Å²) in [6, 6.07) is 15.5. The first-order valence-corrected chi connectivity index (χ1v) is 9.49. The molecule has 1 unspecified atom stereocenters. The molecule has 4 nitrogen and oxygen atoms in total. The van der Waals surface area contributed by atoms with Crippen LogP contribution >= 0.6 is 23.2 Å². The third kappa shape index (κ3) is 3.88. The van der Waals surface area contributed by atoms with Gasteiger partial charge in [-0.05, 0) is 59.7 Å². The fraction of sp³-hybridized carbons (Fsp3) is 0.190. The summed E-state index contributed by atoms with van der Waals surface area (Å²) >= 11 is 12.1. The number of guanidine groups is 1. The molecule has 0 bridgehead atoms. The van der Waals surface area contributed by atoms with E-state index in [-0.39, 0.29) is 6.04 Å². The zero-order chi connectivity index (χ0) is 19.0. The average Bonchev–Trinajstić information content (AvgIpc) is 2.64. The Bertz CT molecular complexity index is 943. The summed E-state index contributed by atoms with van der Waals surface area (Å²) in [6.07, 6.45) is 2.17. The number of halogens is 2. The standard InChI is InChI=1S/C21H20Cl2N4/c1-27-11-15(10-13-2-6-16(22)7-3-13)20-18(12-27)19(25-21(24)26-20)14-4-8-17(23)9-5-14/h2-10,19H,11-12H2,1H3,(H3,24,25,26). The second-order valence-corrected chi connectivity index (χ2v) is 7.76. The highest BCUT2D eigenvalue weighted by atomic mass is 35.5. The Morgan fingerprint density at radius 2 is 1.67 bits per heavy atom. The fourth-order valence-electron chi connectivity index (χ4n) is 3.56. The van der Waals surface area contributed by atoms with Crippen molar-refractivity contribution in [1.29, 1.82) is 0 Å². The van der Waals surface area contributed by atoms with Gasteiger partial charge in [0.2, 0.25) is 0 Å². The first-order chi connectivity index (χ1) is 13.0. The maximum atomic E-state index is 6.13. The molecule has 0 amide bonds. The van der Waals surface area contributed by atoms with Crippen LogP contribution in [0.5, 0.6) is 0 Å². The van der Waals surface area contributed by atoms with E-state index in [0.717, 1.165) is 34.9 Å². The van der Waals surface area contributed by atoms with Crippen LogP contribution in [-0.2, 0) is 0 Å². The first kappa shape index (κ1) is 18.1. The maximum absolute atomic E-state index is 6.13. The molecule has 0 saturated heterocycles. The van der Waals surface area contributed by atoms with E-state index in [1.54, 1.807) is 0 Å². The molecule has 27 heavy (non-hydrogen) atoms. The zero-order valence-corrected chi connectivity index (χ0v) is 16.4. The SMILES string of the molecule is CN1CC(=Cc2ccc(Cl)cc2)C2=C(C1)C(c1ccc(Cl)cc1)N=C(N)N2. The minimum atomic E-state index is -0.116. The number of nitrogens with zero attached hydrogens (tertiary/aromatic N) is 2. The van der Waals surface area contributed by atoms with Gasteiger partial charge < -0.3 is 11.1 Å². The van der Waals surface area contributed by atoms with Crippen molar-refractivity contribution in [2.45, 2.75) is 6.04 Å². The summed E-state index contributed by atoms with van der Waals surface area (Å²) in [5, 5.41) is 4.73. The molecule has 138 valence electrons. The van der Waals surface area contributed by atoms with Crippen molar-refractivity contribution in [3.8, 4) is 0 Å². The van der Waals surface area contributed by atoms with E-state index in [0.29, 0.717) is 11.0 Å². The van der Waals surface area contributed by atoms with Gasteiger partial charge in [0.15, 0.2) is 5.96 Å². The molecule has 2 aliphatic rings. The van der Waals surface area contributed by atoms with Crippen molar-refractivity contribution in [3.05, 3.63) is 86.5 Å². The van der Waals surface area contributed by atoms with Crippen molar-refractivity contribution >= 4 is 35.2 Å². The lowest BCUT2D eigenvalue weighted by Crippen LogP contribution is -2.43. The van der Waals surface area contributed by atoms with Gasteiger partial charge in [-0.15, -0.1) is 0 Å². The zero-order valence-electron chi connectivity index (χ0n) is 14.9. The van der Waals surface area contributed by atoms with E-state index in [1.807, 2.05) is 48.5 Å². The van der Waals surface area contributed by atoms with Gasteiger partial charge in [-0.1, -0.05) is 47.5 Å². The predicted molar refractivity (Wildman–Crippen MR) is 113 cm³/mol. The number of hydrogen-bond acceptors (Lipinski definition) is 4. The highest BCUT2D eigenvalue weighted by Crippen LogP contribution is 2.36. The highest BCUT2D eigenvalue weighted by Gasteiger charge is 2.31. The number of benzene rings is 2. The predicted octanol–water partition coefficient (Wildman–Crippen LogP) is 4.24. The molecule has 6 heteroatoms. The lowest BCUT2D eigenvalue weighted by molar-refractivity contribution is 0.368. The van der Waals surface area contributed by atoms with Crippen LogP contribution in [0.25, 0.3) is 6.08 Å². The summed E-state index contributed by atoms with van der Waals surface area (Å²) in [5.74, 6) is 0.431. The number of aliphatic imine (C=N–C) groups is 1. The van der Waals surface area contributed by atoms with Crippen LogP contribution in [0.1, 0.15) is 17.2 Å². The van der Waals surface area contributed by atoms with Gasteiger partial charge in [-0.2, -0.15) is 0 Å². The Hall–Kier alpha value is -2.27. The van der Waals surface area contributed by atoms with Crippen molar-refractivity contribution in [3.63, 3.8) is 0 Å². The van der Waals surface area contributed by atoms with E-state index in [2.05, 4.69) is 28.3 Å². The molecule has 0 saturated carbocycles. The molecule has 2 aromatic rings. The Balaban J connectivity index is 1.78. The van der Waals surface area contributed by atoms with Gasteiger partial charge in [0.25, 0.3) is 0 Å². The highest BCUT2D eigenvalue weighted by molar-refractivity contribution is 6.30. The molecule has 0 radical (unpaired) electrons. The van der Waals surface area contributed by atoms with Crippen molar-refractivity contribution < 1.29 is 0 Å². The number of likely N-dealkylation sites (N-methyl/N-ethyl adjacent to an activating group) is 1. The quantitative estimate of drug-likeness (QED) is 0.795. The summed E-state index contributed by atoms with van der Waals surface area (Å²) in [7, 11) is 2.11. The summed E-state index contributed by atoms with van der Waals surface area (Å²) in [5.41, 5.74) is 11.8. The van der Waals surface area contributed by atoms with E-state index < -0.39 is 0 Å². The van der Waals surface area contributed by atoms with Gasteiger partial charge in [0.1, 0.15) is 6.04 Å². The molecule has 0 aliphatic carbocycles. The number of rotatable bonds is 2. The number of nitrogens with one attached hydrogen (secondary N) is 1. The van der Waals surface area contributed by atoms with Gasteiger partial charge in [0, 0.05) is 28.8 Å². The molecule has 2 heterocycles. The lowest BCUT2D eigenvalue weighted by atomic mass is 9.89. The molecule has 0 fully saturated rings. The van der Waals surface area contributed by atoms with E-state index in [1.165, 1.54) is 11.1 Å². The van der Waals surface area contributed by atoms with Crippen LogP contribution in [0.2, 0.25) is 10.0 Å². The van der Waals surface area contributed by atoms with Crippen LogP contribution in [-0.4, -0.2) is 31.0 Å². The second kappa shape index (κ2) is 7.39. The summed E-state index contributed by atoms with van der Waals surface area (Å²) in [6.45, 7) is 1.65. The van der Waals surface area contributed by atoms with Gasteiger partial charge in [-0.25, -0.2) is 4.99 Å². The Labute approximate surface area is 169 Å². The summed E-state index contributed by atoms with van der Waals surface area (Å²) in [4.78, 5) is 6.95. The topological polar surface area (TPSA) is 53.6 Å². The molecule has 0 spiro atoms. The normalized spacial score (nSPS) is 21.7. The van der Waals surface area contributed by atoms with Crippen molar-refractivity contribution in [2.75, 3.05) is 20.1 Å². The lowest BCUT2D eigenvalue weighted by Gasteiger charge is -2.36. The van der Waals surface area contributed by atoms with Gasteiger partial charge in [-0.3, -0.25) is 4.90 Å². The van der Waals surface area contributed by atoms with Crippen LogP contribution in [0.15, 0.2) is 70.4 Å². The largest absolute Gasteiger partial charge is 0.370 e. The van der Waals surface area contributed by atoms with Crippen LogP contribution in [0.3, 0.4) is 0 Å². The third-order valence-electron chi connectivity index (χ3n) is 4.77. The maximum Gasteiger partial charge on any atom is 0.194 e. The van der Waals surface area contributed by atoms with Gasteiger partial charge in [0.05, 0.1) is 0 Å². The molecule has 1 atom stereocenters.